The Labute approximate surface area is 148 Å². The van der Waals surface area contributed by atoms with Crippen LogP contribution in [0.2, 0.25) is 0 Å². The quantitative estimate of drug-likeness (QED) is 0.213. The van der Waals surface area contributed by atoms with Gasteiger partial charge in [0.2, 0.25) is 0 Å². The van der Waals surface area contributed by atoms with Gasteiger partial charge in [0.05, 0.1) is 0 Å². The molecule has 2 radical (unpaired) electrons. The molecule has 0 nitrogen and oxygen atoms in total. The average molecular weight is 319 g/mol. The van der Waals surface area contributed by atoms with Crippen LogP contribution < -0.4 is 0 Å². The Morgan fingerprint density at radius 1 is 0.696 bits per heavy atom. The third-order valence-electron chi connectivity index (χ3n) is 5.10. The van der Waals surface area contributed by atoms with E-state index in [1.54, 1.807) is 0 Å². The molecule has 0 aromatic rings. The predicted molar refractivity (Wildman–Crippen MR) is 106 cm³/mol. The van der Waals surface area contributed by atoms with Gasteiger partial charge >= 0.3 is 0 Å². The Hall–Kier alpha value is -0.440. The Bertz CT molecular complexity index is 280. The summed E-state index contributed by atoms with van der Waals surface area (Å²) in [5, 5.41) is 0. The molecule has 0 aliphatic rings. The maximum absolute atomic E-state index is 3.93. The van der Waals surface area contributed by atoms with E-state index in [9.17, 15) is 0 Å². The van der Waals surface area contributed by atoms with Crippen molar-refractivity contribution < 1.29 is 0 Å². The monoisotopic (exact) mass is 318 g/mol. The van der Waals surface area contributed by atoms with Crippen LogP contribution in [0, 0.1) is 37.5 Å². The van der Waals surface area contributed by atoms with Crippen molar-refractivity contribution in [3.05, 3.63) is 13.8 Å². The highest BCUT2D eigenvalue weighted by Crippen LogP contribution is 2.27. The van der Waals surface area contributed by atoms with Gasteiger partial charge in [-0.3, -0.25) is 0 Å². The summed E-state index contributed by atoms with van der Waals surface area (Å²) in [4.78, 5) is 0. The molecule has 2 unspecified atom stereocenters. The highest BCUT2D eigenvalue weighted by Gasteiger charge is 2.13. The number of hydrogen-bond acceptors (Lipinski definition) is 0. The molecule has 0 heteroatoms. The first-order chi connectivity index (χ1) is 11.3. The molecule has 0 saturated heterocycles. The maximum Gasteiger partial charge on any atom is 0.00890 e. The first-order valence-electron chi connectivity index (χ1n) is 10.3. The van der Waals surface area contributed by atoms with E-state index < -0.39 is 0 Å². The van der Waals surface area contributed by atoms with Gasteiger partial charge in [0.1, 0.15) is 0 Å². The molecule has 0 heterocycles. The summed E-state index contributed by atoms with van der Waals surface area (Å²) in [7, 11) is 0. The molecule has 0 bridgehead atoms. The molecular weight excluding hydrogens is 276 g/mol. The zero-order valence-corrected chi connectivity index (χ0v) is 16.2. The minimum Gasteiger partial charge on any atom is -0.103 e. The van der Waals surface area contributed by atoms with Crippen LogP contribution in [-0.4, -0.2) is 0 Å². The smallest absolute Gasteiger partial charge is 0.00890 e. The standard InChI is InChI=1S/C23H42/c1-5-9-11-13-14-16-18-20-23(8-4)21-22(7-3)19-17-15-12-10-6-2/h22-23H,1-2,5-8,10,12-21H2,3-4H3. The molecule has 0 aromatic heterocycles. The number of hydrogen-bond donors (Lipinski definition) is 0. The fourth-order valence-corrected chi connectivity index (χ4v) is 3.41. The zero-order valence-electron chi connectivity index (χ0n) is 16.2. The normalized spacial score (nSPS) is 13.4. The van der Waals surface area contributed by atoms with Crippen molar-refractivity contribution in [2.24, 2.45) is 11.8 Å². The summed E-state index contributed by atoms with van der Waals surface area (Å²) in [6.45, 7) is 12.4. The molecule has 23 heavy (non-hydrogen) atoms. The topological polar surface area (TPSA) is 0 Å². The van der Waals surface area contributed by atoms with Crippen molar-refractivity contribution in [3.63, 3.8) is 0 Å². The highest BCUT2D eigenvalue weighted by atomic mass is 14.2. The number of rotatable bonds is 15. The Kier molecular flexibility index (Phi) is 17.6. The molecule has 0 aliphatic carbocycles. The third kappa shape index (κ3) is 14.9. The van der Waals surface area contributed by atoms with Crippen LogP contribution in [0.1, 0.15) is 110 Å². The first-order valence-corrected chi connectivity index (χ1v) is 10.3. The van der Waals surface area contributed by atoms with Crippen molar-refractivity contribution in [2.45, 2.75) is 110 Å². The van der Waals surface area contributed by atoms with Gasteiger partial charge in [0, 0.05) is 12.8 Å². The van der Waals surface area contributed by atoms with Crippen LogP contribution in [0.25, 0.3) is 0 Å². The van der Waals surface area contributed by atoms with E-state index in [0.29, 0.717) is 0 Å². The molecule has 0 aliphatic heterocycles. The summed E-state index contributed by atoms with van der Waals surface area (Å²) < 4.78 is 0. The Morgan fingerprint density at radius 2 is 1.26 bits per heavy atom. The molecule has 2 atom stereocenters. The van der Waals surface area contributed by atoms with E-state index in [2.05, 4.69) is 39.5 Å². The molecule has 0 rings (SSSR count). The lowest BCUT2D eigenvalue weighted by Crippen LogP contribution is -2.08. The summed E-state index contributed by atoms with van der Waals surface area (Å²) >= 11 is 0. The van der Waals surface area contributed by atoms with Crippen LogP contribution >= 0.6 is 0 Å². The molecular formula is C23H42. The van der Waals surface area contributed by atoms with Gasteiger partial charge in [-0.25, -0.2) is 0 Å². The zero-order chi connectivity index (χ0) is 17.2. The predicted octanol–water partition coefficient (Wildman–Crippen LogP) is 7.78. The van der Waals surface area contributed by atoms with Crippen LogP contribution in [0.3, 0.4) is 0 Å². The fraction of sp³-hybridized carbons (Fsp3) is 0.826. The van der Waals surface area contributed by atoms with E-state index in [4.69, 9.17) is 0 Å². The van der Waals surface area contributed by atoms with Crippen LogP contribution in [0.4, 0.5) is 0 Å². The molecule has 0 fully saturated rings. The molecule has 0 spiro atoms. The Morgan fingerprint density at radius 3 is 1.78 bits per heavy atom. The van der Waals surface area contributed by atoms with E-state index in [1.165, 1.54) is 77.0 Å². The largest absolute Gasteiger partial charge is 0.103 e. The Balaban J connectivity index is 3.77. The van der Waals surface area contributed by atoms with Crippen molar-refractivity contribution in [2.75, 3.05) is 0 Å². The highest BCUT2D eigenvalue weighted by molar-refractivity contribution is 4.98. The van der Waals surface area contributed by atoms with Crippen molar-refractivity contribution in [3.8, 4) is 11.8 Å². The lowest BCUT2D eigenvalue weighted by Gasteiger charge is -2.22. The van der Waals surface area contributed by atoms with Gasteiger partial charge in [0.25, 0.3) is 0 Å². The van der Waals surface area contributed by atoms with Gasteiger partial charge in [-0.05, 0) is 31.6 Å². The number of unbranched alkanes of at least 4 members (excludes halogenated alkanes) is 7. The van der Waals surface area contributed by atoms with Crippen molar-refractivity contribution in [1.29, 1.82) is 0 Å². The summed E-state index contributed by atoms with van der Waals surface area (Å²) in [5.74, 6) is 8.17. The molecule has 0 amide bonds. The first kappa shape index (κ1) is 22.6. The molecule has 0 saturated carbocycles. The summed E-state index contributed by atoms with van der Waals surface area (Å²) in [5.41, 5.74) is 0. The minimum absolute atomic E-state index is 0.756. The lowest BCUT2D eigenvalue weighted by atomic mass is 9.84. The van der Waals surface area contributed by atoms with Crippen molar-refractivity contribution in [1.82, 2.24) is 0 Å². The van der Waals surface area contributed by atoms with Gasteiger partial charge in [-0.2, -0.15) is 0 Å². The van der Waals surface area contributed by atoms with Gasteiger partial charge in [0.15, 0.2) is 0 Å². The van der Waals surface area contributed by atoms with Crippen LogP contribution in [0.15, 0.2) is 0 Å². The third-order valence-corrected chi connectivity index (χ3v) is 5.10. The molecule has 0 aromatic carbocycles. The van der Waals surface area contributed by atoms with Crippen LogP contribution in [-0.2, 0) is 0 Å². The van der Waals surface area contributed by atoms with Gasteiger partial charge in [-0.1, -0.05) is 91.4 Å². The average Bonchev–Trinajstić information content (AvgIpc) is 2.58. The minimum atomic E-state index is 0.756. The molecule has 0 N–H and O–H groups in total. The van der Waals surface area contributed by atoms with Crippen molar-refractivity contribution >= 4 is 0 Å². The van der Waals surface area contributed by atoms with E-state index in [0.717, 1.165) is 31.1 Å². The van der Waals surface area contributed by atoms with E-state index in [-0.39, 0.29) is 0 Å². The van der Waals surface area contributed by atoms with E-state index >= 15 is 0 Å². The summed E-state index contributed by atoms with van der Waals surface area (Å²) in [6.07, 6.45) is 19.6. The van der Waals surface area contributed by atoms with Crippen LogP contribution in [0.5, 0.6) is 0 Å². The maximum atomic E-state index is 3.93. The second-order valence-corrected chi connectivity index (χ2v) is 7.04. The van der Waals surface area contributed by atoms with Gasteiger partial charge < -0.3 is 0 Å². The van der Waals surface area contributed by atoms with E-state index in [1.807, 2.05) is 0 Å². The second kappa shape index (κ2) is 17.9. The SMILES string of the molecule is [CH2]CC#CCCCCCC(CC)CC(CC)CCCCCC[CH2]. The fourth-order valence-electron chi connectivity index (χ4n) is 3.41. The van der Waals surface area contributed by atoms with Gasteiger partial charge in [-0.15, -0.1) is 11.8 Å². The summed E-state index contributed by atoms with van der Waals surface area (Å²) in [6, 6.07) is 0. The second-order valence-electron chi connectivity index (χ2n) is 7.04. The molecule has 134 valence electrons. The lowest BCUT2D eigenvalue weighted by molar-refractivity contribution is 0.308.